The van der Waals surface area contributed by atoms with Crippen LogP contribution in [0.25, 0.3) is 0 Å². The van der Waals surface area contributed by atoms with Gasteiger partial charge >= 0.3 is 260 Å². The van der Waals surface area contributed by atoms with Crippen LogP contribution in [0.4, 0.5) is 4.79 Å². The summed E-state index contributed by atoms with van der Waals surface area (Å²) in [4.78, 5) is 15.6. The van der Waals surface area contributed by atoms with Crippen molar-refractivity contribution in [2.24, 2.45) is 0 Å². The number of ether oxygens (including phenoxy) is 1. The monoisotopic (exact) mass is 676 g/mol. The van der Waals surface area contributed by atoms with Crippen LogP contribution in [0.1, 0.15) is 82.9 Å². The van der Waals surface area contributed by atoms with Gasteiger partial charge in [-0.05, 0) is 0 Å². The number of amides is 1. The molecule has 3 atom stereocenters. The van der Waals surface area contributed by atoms with Crippen molar-refractivity contribution in [1.29, 1.82) is 0 Å². The molecule has 3 aromatic carbocycles. The van der Waals surface area contributed by atoms with Gasteiger partial charge in [-0.3, -0.25) is 0 Å². The zero-order chi connectivity index (χ0) is 29.8. The van der Waals surface area contributed by atoms with E-state index in [9.17, 15) is 4.79 Å². The standard InChI is InChI=1S/C25H25N2O2.3C4H9.Sn/c1-2-29-24(28)26-18-23-19-27(23)25(20-12-6-3-7-13-20,21-14-8-4-9-15-21)22-16-10-5-11-17-22;3*1-3-4-2;/h3-17,19,23H,2,18H2,1H3,(H,26,28);3*1,3-4H2,2H3;/t23-,27?;;;;/m0..../s1. The number of rotatable bonds is 17. The van der Waals surface area contributed by atoms with Gasteiger partial charge in [0.05, 0.1) is 0 Å². The van der Waals surface area contributed by atoms with Crippen molar-refractivity contribution < 1.29 is 9.53 Å². The Bertz CT molecular complexity index is 1090. The molecule has 1 unspecified atom stereocenters. The topological polar surface area (TPSA) is 41.3 Å². The number of carbonyl (C=O) groups excluding carboxylic acids is 1. The quantitative estimate of drug-likeness (QED) is 0.0882. The van der Waals surface area contributed by atoms with Crippen molar-refractivity contribution in [3.63, 3.8) is 0 Å². The summed E-state index contributed by atoms with van der Waals surface area (Å²) >= 11 is -2.83. The van der Waals surface area contributed by atoms with E-state index in [1.54, 1.807) is 0 Å². The summed E-state index contributed by atoms with van der Waals surface area (Å²) in [6.07, 6.45) is 7.40. The molecule has 0 radical (unpaired) electrons. The molecule has 5 heteroatoms. The van der Waals surface area contributed by atoms with Crippen LogP contribution in [0, 0.1) is 0 Å². The average molecular weight is 676 g/mol. The summed E-state index contributed by atoms with van der Waals surface area (Å²) in [7, 11) is 0. The number of unbranched alkanes of at least 4 members (excludes halogenated alkanes) is 3. The average Bonchev–Trinajstić information content (AvgIpc) is 3.77. The van der Waals surface area contributed by atoms with Crippen molar-refractivity contribution in [3.8, 4) is 0 Å². The van der Waals surface area contributed by atoms with Crippen LogP contribution >= 0.6 is 0 Å². The molecule has 226 valence electrons. The summed E-state index contributed by atoms with van der Waals surface area (Å²) in [6, 6.07) is 33.6. The molecule has 1 aliphatic heterocycles. The van der Waals surface area contributed by atoms with Gasteiger partial charge in [0.2, 0.25) is 0 Å². The van der Waals surface area contributed by atoms with Crippen LogP contribution in [-0.4, -0.2) is 52.6 Å². The molecule has 1 saturated heterocycles. The SMILES string of the molecule is CCC[CH2][Sn]([CH2]CCC)([CH2]CCC)[C@@H]1[C@H](CNC(=O)OCC)N1C(c1ccccc1)(c1ccccc1)c1ccccc1. The molecule has 1 aliphatic rings. The predicted octanol–water partition coefficient (Wildman–Crippen LogP) is 9.17. The molecule has 0 saturated carbocycles. The van der Waals surface area contributed by atoms with Crippen LogP contribution in [0.5, 0.6) is 0 Å². The first-order valence-corrected chi connectivity index (χ1v) is 24.1. The molecule has 0 bridgehead atoms. The van der Waals surface area contributed by atoms with Gasteiger partial charge in [-0.1, -0.05) is 0 Å². The van der Waals surface area contributed by atoms with E-state index in [2.05, 4.69) is 122 Å². The third-order valence-corrected chi connectivity index (χ3v) is 26.4. The Morgan fingerprint density at radius 2 is 1.12 bits per heavy atom. The normalized spacial score (nSPS) is 18.4. The van der Waals surface area contributed by atoms with E-state index in [0.717, 1.165) is 0 Å². The van der Waals surface area contributed by atoms with Crippen LogP contribution < -0.4 is 5.32 Å². The molecular weight excluding hydrogens is 623 g/mol. The van der Waals surface area contributed by atoms with Crippen LogP contribution in [0.2, 0.25) is 13.3 Å². The van der Waals surface area contributed by atoms with Crippen molar-refractivity contribution in [3.05, 3.63) is 108 Å². The molecule has 1 heterocycles. The molecular formula is C37H52N2O2Sn. The van der Waals surface area contributed by atoms with Crippen molar-refractivity contribution in [2.45, 2.75) is 95.2 Å². The molecule has 0 aliphatic carbocycles. The van der Waals surface area contributed by atoms with Gasteiger partial charge in [0, 0.05) is 0 Å². The third-order valence-electron chi connectivity index (χ3n) is 9.34. The predicted molar refractivity (Wildman–Crippen MR) is 179 cm³/mol. The van der Waals surface area contributed by atoms with Crippen LogP contribution in [0.15, 0.2) is 91.0 Å². The fourth-order valence-corrected chi connectivity index (χ4v) is 26.8. The minimum atomic E-state index is -2.83. The molecule has 4 nitrogen and oxygen atoms in total. The van der Waals surface area contributed by atoms with Crippen molar-refractivity contribution in [1.82, 2.24) is 10.2 Å². The van der Waals surface area contributed by atoms with Gasteiger partial charge in [-0.15, -0.1) is 0 Å². The van der Waals surface area contributed by atoms with E-state index in [4.69, 9.17) is 4.74 Å². The molecule has 1 N–H and O–H groups in total. The number of nitrogens with one attached hydrogen (secondary N) is 1. The van der Waals surface area contributed by atoms with Gasteiger partial charge in [-0.25, -0.2) is 0 Å². The first kappa shape index (κ1) is 32.6. The Morgan fingerprint density at radius 1 is 0.714 bits per heavy atom. The second-order valence-corrected chi connectivity index (χ2v) is 25.7. The second kappa shape index (κ2) is 16.0. The molecule has 1 amide bonds. The summed E-state index contributed by atoms with van der Waals surface area (Å²) in [5, 5.41) is 3.20. The van der Waals surface area contributed by atoms with E-state index < -0.39 is 23.9 Å². The molecule has 1 fully saturated rings. The van der Waals surface area contributed by atoms with E-state index in [0.29, 0.717) is 17.2 Å². The molecule has 0 spiro atoms. The zero-order valence-corrected chi connectivity index (χ0v) is 29.2. The van der Waals surface area contributed by atoms with E-state index in [-0.39, 0.29) is 12.1 Å². The number of nitrogens with zero attached hydrogens (tertiary/aromatic N) is 1. The maximum atomic E-state index is 12.7. The molecule has 3 aromatic rings. The first-order chi connectivity index (χ1) is 20.6. The van der Waals surface area contributed by atoms with E-state index in [1.165, 1.54) is 68.5 Å². The van der Waals surface area contributed by atoms with Crippen LogP contribution in [0.3, 0.4) is 0 Å². The minimum absolute atomic E-state index is 0.274. The van der Waals surface area contributed by atoms with Gasteiger partial charge in [0.1, 0.15) is 0 Å². The van der Waals surface area contributed by atoms with E-state index in [1.807, 2.05) is 6.92 Å². The molecule has 0 aromatic heterocycles. The zero-order valence-electron chi connectivity index (χ0n) is 26.4. The van der Waals surface area contributed by atoms with Crippen molar-refractivity contribution >= 4 is 24.5 Å². The molecule has 4 rings (SSSR count). The Labute approximate surface area is 259 Å². The van der Waals surface area contributed by atoms with E-state index >= 15 is 0 Å². The number of alkyl carbamates (subject to hydrolysis) is 1. The number of carbonyl (C=O) groups is 1. The molecule has 42 heavy (non-hydrogen) atoms. The first-order valence-electron chi connectivity index (χ1n) is 16.4. The van der Waals surface area contributed by atoms with Gasteiger partial charge in [-0.2, -0.15) is 0 Å². The van der Waals surface area contributed by atoms with Crippen molar-refractivity contribution in [2.75, 3.05) is 13.2 Å². The van der Waals surface area contributed by atoms with Crippen LogP contribution in [-0.2, 0) is 10.3 Å². The Kier molecular flexibility index (Phi) is 12.4. The summed E-state index contributed by atoms with van der Waals surface area (Å²) in [5.41, 5.74) is 3.45. The second-order valence-electron chi connectivity index (χ2n) is 12.0. The fraction of sp³-hybridized carbons (Fsp3) is 0.486. The third kappa shape index (κ3) is 7.07. The summed E-state index contributed by atoms with van der Waals surface area (Å²) in [5.74, 6) is 0. The Morgan fingerprint density at radius 3 is 1.48 bits per heavy atom. The number of hydrogen-bond donors (Lipinski definition) is 1. The Hall–Kier alpha value is -2.31. The fourth-order valence-electron chi connectivity index (χ4n) is 7.41. The Balaban J connectivity index is 1.96. The maximum absolute atomic E-state index is 12.7. The number of hydrogen-bond acceptors (Lipinski definition) is 3. The van der Waals surface area contributed by atoms with Gasteiger partial charge in [0.25, 0.3) is 0 Å². The summed E-state index contributed by atoms with van der Waals surface area (Å²) < 4.78 is 10.2. The number of benzene rings is 3. The van der Waals surface area contributed by atoms with Gasteiger partial charge in [0.15, 0.2) is 0 Å². The summed E-state index contributed by atoms with van der Waals surface area (Å²) in [6.45, 7) is 9.94. The van der Waals surface area contributed by atoms with Gasteiger partial charge < -0.3 is 0 Å².